The van der Waals surface area contributed by atoms with Crippen LogP contribution in [-0.4, -0.2) is 37.0 Å². The Morgan fingerprint density at radius 3 is 2.50 bits per heavy atom. The highest BCUT2D eigenvalue weighted by Gasteiger charge is 2.28. The lowest BCUT2D eigenvalue weighted by molar-refractivity contribution is -0.147. The maximum absolute atomic E-state index is 12.0. The van der Waals surface area contributed by atoms with Crippen molar-refractivity contribution < 1.29 is 19.1 Å². The summed E-state index contributed by atoms with van der Waals surface area (Å²) < 4.78 is 4.95. The molecule has 1 aliphatic carbocycles. The first kappa shape index (κ1) is 19.9. The summed E-state index contributed by atoms with van der Waals surface area (Å²) in [5.41, 5.74) is 1.52. The third kappa shape index (κ3) is 5.86. The summed E-state index contributed by atoms with van der Waals surface area (Å²) in [5, 5.41) is 5.44. The number of hydrogen-bond acceptors (Lipinski definition) is 4. The second-order valence-electron chi connectivity index (χ2n) is 7.15. The van der Waals surface area contributed by atoms with E-state index in [-0.39, 0.29) is 31.0 Å². The molecule has 1 saturated carbocycles. The van der Waals surface area contributed by atoms with Crippen molar-refractivity contribution in [3.63, 3.8) is 0 Å². The summed E-state index contributed by atoms with van der Waals surface area (Å²) in [6, 6.07) is 7.16. The fourth-order valence-electron chi connectivity index (χ4n) is 3.19. The van der Waals surface area contributed by atoms with Crippen LogP contribution in [0.1, 0.15) is 49.0 Å². The topological polar surface area (TPSA) is 84.5 Å². The van der Waals surface area contributed by atoms with Crippen LogP contribution in [0.15, 0.2) is 24.3 Å². The molecule has 1 aromatic rings. The Kier molecular flexibility index (Phi) is 7.18. The SMILES string of the molecule is Cc1ccc(C(=O)NCC(=O)OCC(=O)N[C@H]2CCC[C@@H](C)[C@@H]2C)cc1. The normalized spacial score (nSPS) is 22.3. The van der Waals surface area contributed by atoms with Crippen molar-refractivity contribution in [2.45, 2.75) is 46.1 Å². The van der Waals surface area contributed by atoms with Gasteiger partial charge in [0.15, 0.2) is 6.61 Å². The Morgan fingerprint density at radius 2 is 1.81 bits per heavy atom. The van der Waals surface area contributed by atoms with Crippen molar-refractivity contribution in [1.82, 2.24) is 10.6 Å². The molecule has 0 spiro atoms. The fraction of sp³-hybridized carbons (Fsp3) is 0.550. The number of carbonyl (C=O) groups excluding carboxylic acids is 3. The molecular weight excluding hydrogens is 332 g/mol. The molecular formula is C20H28N2O4. The number of aryl methyl sites for hydroxylation is 1. The van der Waals surface area contributed by atoms with E-state index < -0.39 is 5.97 Å². The molecule has 3 atom stereocenters. The summed E-state index contributed by atoms with van der Waals surface area (Å²) in [4.78, 5) is 35.6. The minimum absolute atomic E-state index is 0.131. The third-order valence-electron chi connectivity index (χ3n) is 5.12. The maximum Gasteiger partial charge on any atom is 0.325 e. The Labute approximate surface area is 154 Å². The Morgan fingerprint density at radius 1 is 1.12 bits per heavy atom. The first-order valence-corrected chi connectivity index (χ1v) is 9.16. The molecule has 1 fully saturated rings. The molecule has 0 radical (unpaired) electrons. The number of hydrogen-bond donors (Lipinski definition) is 2. The summed E-state index contributed by atoms with van der Waals surface area (Å²) in [6.45, 7) is 5.67. The van der Waals surface area contributed by atoms with Crippen LogP contribution in [0.5, 0.6) is 0 Å². The molecule has 0 aromatic heterocycles. The minimum Gasteiger partial charge on any atom is -0.454 e. The smallest absolute Gasteiger partial charge is 0.325 e. The number of nitrogens with one attached hydrogen (secondary N) is 2. The number of esters is 1. The van der Waals surface area contributed by atoms with Gasteiger partial charge >= 0.3 is 5.97 Å². The van der Waals surface area contributed by atoms with Crippen molar-refractivity contribution in [2.75, 3.05) is 13.2 Å². The molecule has 0 unspecified atom stereocenters. The van der Waals surface area contributed by atoms with Crippen molar-refractivity contribution in [1.29, 1.82) is 0 Å². The highest BCUT2D eigenvalue weighted by molar-refractivity contribution is 5.96. The van der Waals surface area contributed by atoms with Crippen LogP contribution in [0.4, 0.5) is 0 Å². The van der Waals surface area contributed by atoms with Crippen LogP contribution < -0.4 is 10.6 Å². The minimum atomic E-state index is -0.634. The average Bonchev–Trinajstić information content (AvgIpc) is 2.62. The maximum atomic E-state index is 12.0. The van der Waals surface area contributed by atoms with E-state index in [1.54, 1.807) is 12.1 Å². The monoisotopic (exact) mass is 360 g/mol. The average molecular weight is 360 g/mol. The van der Waals surface area contributed by atoms with Gasteiger partial charge < -0.3 is 15.4 Å². The number of carbonyl (C=O) groups is 3. The summed E-state index contributed by atoms with van der Waals surface area (Å²) >= 11 is 0. The number of benzene rings is 1. The fourth-order valence-corrected chi connectivity index (χ4v) is 3.19. The second-order valence-corrected chi connectivity index (χ2v) is 7.15. The van der Waals surface area contributed by atoms with Crippen molar-refractivity contribution in [2.24, 2.45) is 11.8 Å². The number of rotatable bonds is 6. The predicted molar refractivity (Wildman–Crippen MR) is 98.6 cm³/mol. The zero-order chi connectivity index (χ0) is 19.1. The van der Waals surface area contributed by atoms with E-state index in [2.05, 4.69) is 24.5 Å². The predicted octanol–water partition coefficient (Wildman–Crippen LogP) is 2.21. The Hall–Kier alpha value is -2.37. The summed E-state index contributed by atoms with van der Waals surface area (Å²) in [7, 11) is 0. The molecule has 1 aromatic carbocycles. The molecule has 0 aliphatic heterocycles. The molecule has 0 heterocycles. The van der Waals surface area contributed by atoms with Crippen LogP contribution in [0.3, 0.4) is 0 Å². The quantitative estimate of drug-likeness (QED) is 0.762. The highest BCUT2D eigenvalue weighted by Crippen LogP contribution is 2.29. The van der Waals surface area contributed by atoms with Gasteiger partial charge in [-0.05, 0) is 37.3 Å². The van der Waals surface area contributed by atoms with E-state index in [0.29, 0.717) is 17.4 Å². The molecule has 2 rings (SSSR count). The van der Waals surface area contributed by atoms with Gasteiger partial charge in [0.25, 0.3) is 11.8 Å². The number of amides is 2. The molecule has 6 nitrogen and oxygen atoms in total. The van der Waals surface area contributed by atoms with Crippen LogP contribution >= 0.6 is 0 Å². The van der Waals surface area contributed by atoms with Gasteiger partial charge in [0.05, 0.1) is 0 Å². The van der Waals surface area contributed by atoms with Crippen LogP contribution in [0, 0.1) is 18.8 Å². The van der Waals surface area contributed by atoms with Gasteiger partial charge in [0, 0.05) is 11.6 Å². The Balaban J connectivity index is 1.68. The van der Waals surface area contributed by atoms with E-state index in [1.807, 2.05) is 19.1 Å². The van der Waals surface area contributed by atoms with E-state index in [9.17, 15) is 14.4 Å². The first-order chi connectivity index (χ1) is 12.4. The molecule has 2 N–H and O–H groups in total. The summed E-state index contributed by atoms with van der Waals surface area (Å²) in [6.07, 6.45) is 3.24. The van der Waals surface area contributed by atoms with Crippen molar-refractivity contribution in [3.05, 3.63) is 35.4 Å². The van der Waals surface area contributed by atoms with Gasteiger partial charge in [-0.1, -0.05) is 44.4 Å². The van der Waals surface area contributed by atoms with E-state index in [0.717, 1.165) is 18.4 Å². The van der Waals surface area contributed by atoms with Gasteiger partial charge in [-0.15, -0.1) is 0 Å². The highest BCUT2D eigenvalue weighted by atomic mass is 16.5. The lowest BCUT2D eigenvalue weighted by Crippen LogP contribution is -2.45. The first-order valence-electron chi connectivity index (χ1n) is 9.16. The third-order valence-corrected chi connectivity index (χ3v) is 5.12. The van der Waals surface area contributed by atoms with Crippen molar-refractivity contribution >= 4 is 17.8 Å². The molecule has 142 valence electrons. The van der Waals surface area contributed by atoms with E-state index >= 15 is 0 Å². The van der Waals surface area contributed by atoms with E-state index in [4.69, 9.17) is 4.74 Å². The Bertz CT molecular complexity index is 642. The second kappa shape index (κ2) is 9.36. The lowest BCUT2D eigenvalue weighted by atomic mass is 9.78. The number of ether oxygens (including phenoxy) is 1. The molecule has 0 saturated heterocycles. The molecule has 0 bridgehead atoms. The van der Waals surface area contributed by atoms with Crippen LogP contribution in [0.25, 0.3) is 0 Å². The van der Waals surface area contributed by atoms with Gasteiger partial charge in [-0.25, -0.2) is 0 Å². The molecule has 26 heavy (non-hydrogen) atoms. The lowest BCUT2D eigenvalue weighted by Gasteiger charge is -2.34. The summed E-state index contributed by atoms with van der Waals surface area (Å²) in [5.74, 6) is -0.290. The largest absolute Gasteiger partial charge is 0.454 e. The zero-order valence-corrected chi connectivity index (χ0v) is 15.7. The van der Waals surface area contributed by atoms with Gasteiger partial charge in [-0.2, -0.15) is 0 Å². The van der Waals surface area contributed by atoms with Crippen LogP contribution in [-0.2, 0) is 14.3 Å². The zero-order valence-electron chi connectivity index (χ0n) is 15.7. The van der Waals surface area contributed by atoms with Crippen molar-refractivity contribution in [3.8, 4) is 0 Å². The van der Waals surface area contributed by atoms with Gasteiger partial charge in [0.1, 0.15) is 6.54 Å². The van der Waals surface area contributed by atoms with Gasteiger partial charge in [0.2, 0.25) is 0 Å². The molecule has 2 amide bonds. The van der Waals surface area contributed by atoms with E-state index in [1.165, 1.54) is 6.42 Å². The standard InChI is InChI=1S/C20H28N2O4/c1-13-7-9-16(10-8-13)20(25)21-11-19(24)26-12-18(23)22-17-6-4-5-14(2)15(17)3/h7-10,14-15,17H,4-6,11-12H2,1-3H3,(H,21,25)(H,22,23)/t14-,15+,17+/m1/s1. The molecule has 1 aliphatic rings. The molecule has 6 heteroatoms. The van der Waals surface area contributed by atoms with Gasteiger partial charge in [-0.3, -0.25) is 14.4 Å². The van der Waals surface area contributed by atoms with Crippen LogP contribution in [0.2, 0.25) is 0 Å².